The van der Waals surface area contributed by atoms with Crippen molar-refractivity contribution in [1.29, 1.82) is 0 Å². The van der Waals surface area contributed by atoms with E-state index in [1.807, 2.05) is 28.6 Å². The van der Waals surface area contributed by atoms with Crippen LogP contribution >= 0.6 is 0 Å². The number of hydrogen-bond acceptors (Lipinski definition) is 4. The molecule has 25 heavy (non-hydrogen) atoms. The topological polar surface area (TPSA) is 59.1 Å². The summed E-state index contributed by atoms with van der Waals surface area (Å²) in [6, 6.07) is 12.6. The van der Waals surface area contributed by atoms with Gasteiger partial charge in [-0.05, 0) is 18.1 Å². The first kappa shape index (κ1) is 16.1. The average Bonchev–Trinajstić information content (AvgIpc) is 3.26. The van der Waals surface area contributed by atoms with E-state index in [0.29, 0.717) is 11.5 Å². The third-order valence-electron chi connectivity index (χ3n) is 4.84. The fourth-order valence-corrected chi connectivity index (χ4v) is 3.37. The van der Waals surface area contributed by atoms with Crippen LogP contribution in [0.2, 0.25) is 0 Å². The second kappa shape index (κ2) is 6.82. The molecule has 3 heterocycles. The van der Waals surface area contributed by atoms with Crippen LogP contribution < -0.4 is 0 Å². The van der Waals surface area contributed by atoms with Crippen LogP contribution in [0.5, 0.6) is 0 Å². The molecule has 6 nitrogen and oxygen atoms in total. The SMILES string of the molecule is Cn1ccnc1[C@H](O)c1cc2n(n1)CCN(CCc1ccccc1)C2. The summed E-state index contributed by atoms with van der Waals surface area (Å²) in [6.45, 7) is 3.75. The number of aliphatic hydroxyl groups is 1. The zero-order valence-corrected chi connectivity index (χ0v) is 14.4. The Morgan fingerprint density at radius 3 is 2.80 bits per heavy atom. The maximum absolute atomic E-state index is 10.6. The van der Waals surface area contributed by atoms with Gasteiger partial charge in [-0.1, -0.05) is 30.3 Å². The molecule has 4 rings (SSSR count). The molecule has 0 amide bonds. The lowest BCUT2D eigenvalue weighted by atomic mass is 10.1. The monoisotopic (exact) mass is 337 g/mol. The van der Waals surface area contributed by atoms with Crippen LogP contribution in [0, 0.1) is 0 Å². The summed E-state index contributed by atoms with van der Waals surface area (Å²) in [6.07, 6.45) is 3.80. The molecule has 130 valence electrons. The molecule has 0 aliphatic carbocycles. The maximum Gasteiger partial charge on any atom is 0.155 e. The van der Waals surface area contributed by atoms with Gasteiger partial charge in [-0.15, -0.1) is 0 Å². The molecule has 0 radical (unpaired) electrons. The molecule has 1 aromatic carbocycles. The summed E-state index contributed by atoms with van der Waals surface area (Å²) in [5.74, 6) is 0.622. The third kappa shape index (κ3) is 3.36. The van der Waals surface area contributed by atoms with Crippen LogP contribution in [-0.2, 0) is 26.6 Å². The largest absolute Gasteiger partial charge is 0.379 e. The first-order valence-corrected chi connectivity index (χ1v) is 8.69. The molecule has 1 aliphatic rings. The highest BCUT2D eigenvalue weighted by Crippen LogP contribution is 2.22. The van der Waals surface area contributed by atoms with Crippen LogP contribution in [0.3, 0.4) is 0 Å². The Bertz CT molecular complexity index is 839. The first-order chi connectivity index (χ1) is 12.2. The van der Waals surface area contributed by atoms with Crippen molar-refractivity contribution in [3.63, 3.8) is 0 Å². The summed E-state index contributed by atoms with van der Waals surface area (Å²) < 4.78 is 3.84. The molecular weight excluding hydrogens is 314 g/mol. The summed E-state index contributed by atoms with van der Waals surface area (Å²) in [5.41, 5.74) is 3.20. The van der Waals surface area contributed by atoms with Crippen LogP contribution in [0.15, 0.2) is 48.8 Å². The Kier molecular flexibility index (Phi) is 4.38. The van der Waals surface area contributed by atoms with E-state index in [0.717, 1.165) is 38.3 Å². The van der Waals surface area contributed by atoms with E-state index < -0.39 is 6.10 Å². The van der Waals surface area contributed by atoms with Crippen molar-refractivity contribution in [2.24, 2.45) is 7.05 Å². The molecule has 1 aliphatic heterocycles. The second-order valence-electron chi connectivity index (χ2n) is 6.59. The highest BCUT2D eigenvalue weighted by molar-refractivity contribution is 5.20. The Morgan fingerprint density at radius 1 is 1.20 bits per heavy atom. The molecule has 2 aromatic heterocycles. The Hall–Kier alpha value is -2.44. The lowest BCUT2D eigenvalue weighted by Gasteiger charge is -2.27. The number of rotatable bonds is 5. The van der Waals surface area contributed by atoms with Crippen molar-refractivity contribution >= 4 is 0 Å². The van der Waals surface area contributed by atoms with Crippen molar-refractivity contribution in [2.45, 2.75) is 25.6 Å². The summed E-state index contributed by atoms with van der Waals surface area (Å²) in [7, 11) is 1.88. The van der Waals surface area contributed by atoms with Gasteiger partial charge in [0, 0.05) is 39.1 Å². The van der Waals surface area contributed by atoms with Crippen LogP contribution in [0.25, 0.3) is 0 Å². The number of benzene rings is 1. The van der Waals surface area contributed by atoms with Gasteiger partial charge in [0.1, 0.15) is 5.82 Å². The first-order valence-electron chi connectivity index (χ1n) is 8.69. The van der Waals surface area contributed by atoms with Gasteiger partial charge < -0.3 is 9.67 Å². The quantitative estimate of drug-likeness (QED) is 0.771. The summed E-state index contributed by atoms with van der Waals surface area (Å²) in [4.78, 5) is 6.67. The normalized spacial score (nSPS) is 15.9. The number of aromatic nitrogens is 4. The predicted octanol–water partition coefficient (Wildman–Crippen LogP) is 1.76. The number of hydrogen-bond donors (Lipinski definition) is 1. The van der Waals surface area contributed by atoms with Gasteiger partial charge in [0.25, 0.3) is 0 Å². The molecule has 0 bridgehead atoms. The van der Waals surface area contributed by atoms with Gasteiger partial charge in [-0.2, -0.15) is 5.10 Å². The van der Waals surface area contributed by atoms with Crippen molar-refractivity contribution in [2.75, 3.05) is 13.1 Å². The van der Waals surface area contributed by atoms with Crippen LogP contribution in [0.1, 0.15) is 28.9 Å². The van der Waals surface area contributed by atoms with Crippen molar-refractivity contribution in [3.8, 4) is 0 Å². The van der Waals surface area contributed by atoms with Gasteiger partial charge in [-0.3, -0.25) is 9.58 Å². The molecule has 6 heteroatoms. The van der Waals surface area contributed by atoms with Crippen LogP contribution in [-0.4, -0.2) is 42.4 Å². The molecule has 0 spiro atoms. The van der Waals surface area contributed by atoms with Crippen LogP contribution in [0.4, 0.5) is 0 Å². The van der Waals surface area contributed by atoms with Gasteiger partial charge >= 0.3 is 0 Å². The molecule has 0 fully saturated rings. The maximum atomic E-state index is 10.6. The highest BCUT2D eigenvalue weighted by Gasteiger charge is 2.23. The molecule has 0 saturated heterocycles. The lowest BCUT2D eigenvalue weighted by Crippen LogP contribution is -2.35. The molecule has 0 unspecified atom stereocenters. The van der Waals surface area contributed by atoms with E-state index in [-0.39, 0.29) is 0 Å². The Balaban J connectivity index is 1.43. The summed E-state index contributed by atoms with van der Waals surface area (Å²) in [5, 5.41) is 15.1. The van der Waals surface area contributed by atoms with Crippen molar-refractivity contribution in [3.05, 3.63) is 71.6 Å². The lowest BCUT2D eigenvalue weighted by molar-refractivity contribution is 0.197. The van der Waals surface area contributed by atoms with E-state index in [1.54, 1.807) is 6.20 Å². The zero-order chi connectivity index (χ0) is 17.2. The number of imidazole rings is 1. The van der Waals surface area contributed by atoms with E-state index in [2.05, 4.69) is 45.3 Å². The number of nitrogens with zero attached hydrogens (tertiary/aromatic N) is 5. The van der Waals surface area contributed by atoms with E-state index in [4.69, 9.17) is 0 Å². The minimum atomic E-state index is -0.782. The van der Waals surface area contributed by atoms with E-state index in [9.17, 15) is 5.11 Å². The molecule has 0 saturated carbocycles. The van der Waals surface area contributed by atoms with Crippen molar-refractivity contribution in [1.82, 2.24) is 24.2 Å². The standard InChI is InChI=1S/C19H23N5O/c1-22-10-8-20-19(22)18(25)17-13-16-14-23(11-12-24(16)21-17)9-7-15-5-3-2-4-6-15/h2-6,8,10,13,18,25H,7,9,11-12,14H2,1H3/t18-/m1/s1. The van der Waals surface area contributed by atoms with Gasteiger partial charge in [-0.25, -0.2) is 4.98 Å². The highest BCUT2D eigenvalue weighted by atomic mass is 16.3. The minimum absolute atomic E-state index is 0.622. The smallest absolute Gasteiger partial charge is 0.155 e. The molecular formula is C19H23N5O. The number of fused-ring (bicyclic) bond motifs is 1. The number of aryl methyl sites for hydroxylation is 1. The number of aliphatic hydroxyl groups excluding tert-OH is 1. The van der Waals surface area contributed by atoms with Gasteiger partial charge in [0.2, 0.25) is 0 Å². The van der Waals surface area contributed by atoms with Gasteiger partial charge in [0.15, 0.2) is 6.10 Å². The van der Waals surface area contributed by atoms with E-state index in [1.165, 1.54) is 5.56 Å². The minimum Gasteiger partial charge on any atom is -0.379 e. The fourth-order valence-electron chi connectivity index (χ4n) is 3.37. The Morgan fingerprint density at radius 2 is 2.04 bits per heavy atom. The molecule has 1 atom stereocenters. The fraction of sp³-hybridized carbons (Fsp3) is 0.368. The van der Waals surface area contributed by atoms with E-state index >= 15 is 0 Å². The van der Waals surface area contributed by atoms with Gasteiger partial charge in [0.05, 0.1) is 17.9 Å². The average molecular weight is 337 g/mol. The Labute approximate surface area is 147 Å². The molecule has 3 aromatic rings. The second-order valence-corrected chi connectivity index (χ2v) is 6.59. The summed E-state index contributed by atoms with van der Waals surface area (Å²) >= 11 is 0. The third-order valence-corrected chi connectivity index (χ3v) is 4.84. The molecule has 1 N–H and O–H groups in total. The zero-order valence-electron chi connectivity index (χ0n) is 14.4. The van der Waals surface area contributed by atoms with Crippen molar-refractivity contribution < 1.29 is 5.11 Å². The predicted molar refractivity (Wildman–Crippen MR) is 94.9 cm³/mol.